The molecule has 0 saturated heterocycles. The highest BCUT2D eigenvalue weighted by molar-refractivity contribution is 7.92. The standard InChI is InChI=1S/C15H15N3O4S/c1-9-12(4-3-7-16-9)18-23(20,21)11-5-6-13-14(8-11)22-10(2)15(19)17-13/h3-8,10,18H,1-2H3,(H,17,19). The van der Waals surface area contributed by atoms with Crippen molar-refractivity contribution in [1.82, 2.24) is 4.98 Å². The Kier molecular flexibility index (Phi) is 3.69. The summed E-state index contributed by atoms with van der Waals surface area (Å²) in [5, 5.41) is 2.66. The zero-order chi connectivity index (χ0) is 16.6. The highest BCUT2D eigenvalue weighted by Gasteiger charge is 2.25. The monoisotopic (exact) mass is 333 g/mol. The maximum Gasteiger partial charge on any atom is 0.265 e. The van der Waals surface area contributed by atoms with E-state index in [9.17, 15) is 13.2 Å². The summed E-state index contributed by atoms with van der Waals surface area (Å²) in [6.45, 7) is 3.31. The Hall–Kier alpha value is -2.61. The van der Waals surface area contributed by atoms with Crippen LogP contribution in [-0.4, -0.2) is 25.4 Å². The van der Waals surface area contributed by atoms with Gasteiger partial charge in [-0.2, -0.15) is 0 Å². The molecule has 8 heteroatoms. The van der Waals surface area contributed by atoms with E-state index in [0.29, 0.717) is 22.8 Å². The number of nitrogens with zero attached hydrogens (tertiary/aromatic N) is 1. The number of aryl methyl sites for hydroxylation is 1. The van der Waals surface area contributed by atoms with Gasteiger partial charge >= 0.3 is 0 Å². The van der Waals surface area contributed by atoms with E-state index in [0.717, 1.165) is 0 Å². The average Bonchev–Trinajstić information content (AvgIpc) is 2.50. The molecule has 0 spiro atoms. The van der Waals surface area contributed by atoms with Gasteiger partial charge in [0.05, 0.1) is 22.0 Å². The van der Waals surface area contributed by atoms with E-state index in [1.807, 2.05) is 0 Å². The highest BCUT2D eigenvalue weighted by Crippen LogP contribution is 2.32. The van der Waals surface area contributed by atoms with Gasteiger partial charge in [0.15, 0.2) is 6.10 Å². The third-order valence-electron chi connectivity index (χ3n) is 3.45. The Bertz CT molecular complexity index is 880. The first-order valence-corrected chi connectivity index (χ1v) is 8.41. The average molecular weight is 333 g/mol. The summed E-state index contributed by atoms with van der Waals surface area (Å²) in [6.07, 6.45) is 0.915. The van der Waals surface area contributed by atoms with Crippen LogP contribution in [0.5, 0.6) is 5.75 Å². The topological polar surface area (TPSA) is 97.4 Å². The van der Waals surface area contributed by atoms with Crippen LogP contribution in [0.2, 0.25) is 0 Å². The summed E-state index contributed by atoms with van der Waals surface area (Å²) in [4.78, 5) is 15.6. The first-order chi connectivity index (χ1) is 10.9. The minimum atomic E-state index is -3.78. The molecule has 0 radical (unpaired) electrons. The van der Waals surface area contributed by atoms with Crippen molar-refractivity contribution in [2.45, 2.75) is 24.8 Å². The highest BCUT2D eigenvalue weighted by atomic mass is 32.2. The van der Waals surface area contributed by atoms with Crippen molar-refractivity contribution in [2.24, 2.45) is 0 Å². The van der Waals surface area contributed by atoms with Crippen LogP contribution in [0.25, 0.3) is 0 Å². The fraction of sp³-hybridized carbons (Fsp3) is 0.200. The van der Waals surface area contributed by atoms with E-state index in [1.165, 1.54) is 18.2 Å². The largest absolute Gasteiger partial charge is 0.479 e. The second kappa shape index (κ2) is 5.54. The van der Waals surface area contributed by atoms with E-state index in [4.69, 9.17) is 4.74 Å². The first kappa shape index (κ1) is 15.3. The Morgan fingerprint density at radius 2 is 2.09 bits per heavy atom. The second-order valence-electron chi connectivity index (χ2n) is 5.15. The van der Waals surface area contributed by atoms with Crippen molar-refractivity contribution in [3.63, 3.8) is 0 Å². The minimum absolute atomic E-state index is 0.0443. The molecular formula is C15H15N3O4S. The molecule has 1 aromatic carbocycles. The van der Waals surface area contributed by atoms with Crippen LogP contribution in [0.4, 0.5) is 11.4 Å². The summed E-state index contributed by atoms with van der Waals surface area (Å²) in [6, 6.07) is 7.59. The third kappa shape index (κ3) is 2.98. The van der Waals surface area contributed by atoms with Gasteiger partial charge in [-0.05, 0) is 38.1 Å². The van der Waals surface area contributed by atoms with Crippen LogP contribution in [0.1, 0.15) is 12.6 Å². The summed E-state index contributed by atoms with van der Waals surface area (Å²) in [7, 11) is -3.78. The third-order valence-corrected chi connectivity index (χ3v) is 4.81. The minimum Gasteiger partial charge on any atom is -0.479 e. The Labute approximate surface area is 133 Å². The molecule has 1 atom stereocenters. The molecule has 7 nitrogen and oxygen atoms in total. The van der Waals surface area contributed by atoms with Crippen molar-refractivity contribution in [2.75, 3.05) is 10.0 Å². The van der Waals surface area contributed by atoms with Gasteiger partial charge in [0.25, 0.3) is 15.9 Å². The van der Waals surface area contributed by atoms with Crippen molar-refractivity contribution < 1.29 is 17.9 Å². The van der Waals surface area contributed by atoms with Gasteiger partial charge in [0.2, 0.25) is 0 Å². The number of ether oxygens (including phenoxy) is 1. The normalized spacial score (nSPS) is 17.0. The maximum atomic E-state index is 12.5. The number of pyridine rings is 1. The lowest BCUT2D eigenvalue weighted by atomic mass is 10.2. The summed E-state index contributed by atoms with van der Waals surface area (Å²) in [5.41, 5.74) is 1.43. The number of carbonyl (C=O) groups is 1. The van der Waals surface area contributed by atoms with E-state index < -0.39 is 16.1 Å². The molecule has 1 aliphatic rings. The predicted molar refractivity (Wildman–Crippen MR) is 84.9 cm³/mol. The number of hydrogen-bond donors (Lipinski definition) is 2. The predicted octanol–water partition coefficient (Wildman–Crippen LogP) is 1.91. The number of rotatable bonds is 3. The molecule has 1 aliphatic heterocycles. The lowest BCUT2D eigenvalue weighted by Gasteiger charge is -2.23. The quantitative estimate of drug-likeness (QED) is 0.894. The van der Waals surface area contributed by atoms with Gasteiger partial charge in [-0.3, -0.25) is 14.5 Å². The van der Waals surface area contributed by atoms with Crippen LogP contribution in [0.3, 0.4) is 0 Å². The molecular weight excluding hydrogens is 318 g/mol. The fourth-order valence-corrected chi connectivity index (χ4v) is 3.28. The molecule has 0 aliphatic carbocycles. The van der Waals surface area contributed by atoms with Crippen LogP contribution < -0.4 is 14.8 Å². The zero-order valence-electron chi connectivity index (χ0n) is 12.5. The number of amides is 1. The number of sulfonamides is 1. The molecule has 2 heterocycles. The Balaban J connectivity index is 1.94. The van der Waals surface area contributed by atoms with Gasteiger partial charge in [0, 0.05) is 12.3 Å². The Morgan fingerprint density at radius 1 is 1.30 bits per heavy atom. The van der Waals surface area contributed by atoms with E-state index in [2.05, 4.69) is 15.0 Å². The van der Waals surface area contributed by atoms with Crippen LogP contribution in [-0.2, 0) is 14.8 Å². The number of nitrogens with one attached hydrogen (secondary N) is 2. The van der Waals surface area contributed by atoms with Crippen LogP contribution >= 0.6 is 0 Å². The number of benzene rings is 1. The smallest absolute Gasteiger partial charge is 0.265 e. The molecule has 1 amide bonds. The van der Waals surface area contributed by atoms with Crippen molar-refractivity contribution in [3.05, 3.63) is 42.2 Å². The summed E-state index contributed by atoms with van der Waals surface area (Å²) in [5.74, 6) is 0.0556. The SMILES string of the molecule is Cc1ncccc1NS(=O)(=O)c1ccc2c(c1)OC(C)C(=O)N2. The summed E-state index contributed by atoms with van der Waals surface area (Å²) < 4.78 is 32.9. The molecule has 3 rings (SSSR count). The van der Waals surface area contributed by atoms with E-state index in [-0.39, 0.29) is 10.8 Å². The lowest BCUT2D eigenvalue weighted by molar-refractivity contribution is -0.122. The number of anilines is 2. The zero-order valence-corrected chi connectivity index (χ0v) is 13.3. The molecule has 1 unspecified atom stereocenters. The summed E-state index contributed by atoms with van der Waals surface area (Å²) >= 11 is 0. The van der Waals surface area contributed by atoms with Gasteiger partial charge in [-0.15, -0.1) is 0 Å². The number of aromatic nitrogens is 1. The van der Waals surface area contributed by atoms with Crippen molar-refractivity contribution in [1.29, 1.82) is 0 Å². The fourth-order valence-electron chi connectivity index (χ4n) is 2.14. The van der Waals surface area contributed by atoms with Gasteiger partial charge in [-0.1, -0.05) is 0 Å². The molecule has 0 bridgehead atoms. The number of carbonyl (C=O) groups excluding carboxylic acids is 1. The molecule has 2 aromatic rings. The number of fused-ring (bicyclic) bond motifs is 1. The molecule has 0 fully saturated rings. The maximum absolute atomic E-state index is 12.5. The number of hydrogen-bond acceptors (Lipinski definition) is 5. The van der Waals surface area contributed by atoms with E-state index >= 15 is 0 Å². The van der Waals surface area contributed by atoms with Crippen LogP contribution in [0, 0.1) is 6.92 Å². The lowest BCUT2D eigenvalue weighted by Crippen LogP contribution is -2.34. The molecule has 0 saturated carbocycles. The first-order valence-electron chi connectivity index (χ1n) is 6.93. The van der Waals surface area contributed by atoms with Gasteiger partial charge in [-0.25, -0.2) is 8.42 Å². The van der Waals surface area contributed by atoms with Crippen molar-refractivity contribution in [3.8, 4) is 5.75 Å². The van der Waals surface area contributed by atoms with Crippen LogP contribution in [0.15, 0.2) is 41.4 Å². The molecule has 23 heavy (non-hydrogen) atoms. The molecule has 120 valence electrons. The van der Waals surface area contributed by atoms with E-state index in [1.54, 1.807) is 32.2 Å². The van der Waals surface area contributed by atoms with Crippen molar-refractivity contribution >= 4 is 27.3 Å². The molecule has 1 aromatic heterocycles. The second-order valence-corrected chi connectivity index (χ2v) is 6.83. The van der Waals surface area contributed by atoms with Gasteiger partial charge < -0.3 is 10.1 Å². The Morgan fingerprint density at radius 3 is 2.83 bits per heavy atom. The van der Waals surface area contributed by atoms with Gasteiger partial charge in [0.1, 0.15) is 5.75 Å². The molecule has 2 N–H and O–H groups in total.